The lowest BCUT2D eigenvalue weighted by Crippen LogP contribution is -2.55. The van der Waals surface area contributed by atoms with Crippen LogP contribution < -0.4 is 10.2 Å². The van der Waals surface area contributed by atoms with E-state index in [4.69, 9.17) is 4.74 Å². The fourth-order valence-electron chi connectivity index (χ4n) is 2.51. The Balaban J connectivity index is 1.80. The molecule has 0 bridgehead atoms. The van der Waals surface area contributed by atoms with Crippen molar-refractivity contribution in [2.24, 2.45) is 0 Å². The first kappa shape index (κ1) is 20.9. The Morgan fingerprint density at radius 1 is 1.34 bits per heavy atom. The molecule has 1 aromatic carbocycles. The quantitative estimate of drug-likeness (QED) is 0.704. The first-order valence-electron chi connectivity index (χ1n) is 8.55. The molecule has 29 heavy (non-hydrogen) atoms. The maximum Gasteiger partial charge on any atom is 0.413 e. The van der Waals surface area contributed by atoms with Crippen molar-refractivity contribution in [3.05, 3.63) is 30.1 Å². The predicted molar refractivity (Wildman–Crippen MR) is 103 cm³/mol. The molecule has 1 saturated heterocycles. The fourth-order valence-corrected chi connectivity index (χ4v) is 4.62. The summed E-state index contributed by atoms with van der Waals surface area (Å²) in [6, 6.07) is 4.57. The van der Waals surface area contributed by atoms with Gasteiger partial charge < -0.3 is 9.64 Å². The smallest absolute Gasteiger partial charge is 0.413 e. The number of hydrogen-bond acceptors (Lipinski definition) is 8. The lowest BCUT2D eigenvalue weighted by atomic mass is 10.3. The molecule has 13 heteroatoms. The standard InChI is InChI=1S/C16H18FN5O5S2/c1-3-29(25,26)15-20-19-13(28-15)22-12(8-9-21(2)16(22)24)27-14(23)18-11-6-4-10(17)5-7-11/h4-7,12H,3,8-9H2,1-2H3,(H,18,23). The van der Waals surface area contributed by atoms with Gasteiger partial charge in [-0.1, -0.05) is 18.3 Å². The molecule has 1 aliphatic rings. The van der Waals surface area contributed by atoms with Crippen LogP contribution in [0.5, 0.6) is 0 Å². The topological polar surface area (TPSA) is 122 Å². The lowest BCUT2D eigenvalue weighted by Gasteiger charge is -2.37. The average molecular weight is 443 g/mol. The molecule has 1 aromatic heterocycles. The number of sulfone groups is 1. The molecule has 0 spiro atoms. The highest BCUT2D eigenvalue weighted by Gasteiger charge is 2.38. The summed E-state index contributed by atoms with van der Waals surface area (Å²) < 4.78 is 42.1. The van der Waals surface area contributed by atoms with Gasteiger partial charge in [-0.25, -0.2) is 27.3 Å². The van der Waals surface area contributed by atoms with Crippen molar-refractivity contribution in [1.82, 2.24) is 15.1 Å². The largest absolute Gasteiger partial charge is 0.425 e. The summed E-state index contributed by atoms with van der Waals surface area (Å²) in [5.74, 6) is -0.611. The Bertz CT molecular complexity index is 1010. The van der Waals surface area contributed by atoms with Gasteiger partial charge in [-0.3, -0.25) is 5.32 Å². The minimum atomic E-state index is -3.59. The van der Waals surface area contributed by atoms with Crippen LogP contribution in [-0.2, 0) is 14.6 Å². The highest BCUT2D eigenvalue weighted by atomic mass is 32.2. The summed E-state index contributed by atoms with van der Waals surface area (Å²) in [6.45, 7) is 1.80. The van der Waals surface area contributed by atoms with Crippen molar-refractivity contribution in [2.45, 2.75) is 23.9 Å². The Labute approximate surface area is 170 Å². The van der Waals surface area contributed by atoms with E-state index >= 15 is 0 Å². The van der Waals surface area contributed by atoms with Gasteiger partial charge in [0.2, 0.25) is 19.3 Å². The van der Waals surface area contributed by atoms with Crippen LogP contribution in [0.3, 0.4) is 0 Å². The van der Waals surface area contributed by atoms with Gasteiger partial charge in [-0.2, -0.15) is 0 Å². The van der Waals surface area contributed by atoms with Crippen molar-refractivity contribution >= 4 is 44.1 Å². The van der Waals surface area contributed by atoms with Crippen LogP contribution in [0, 0.1) is 5.82 Å². The molecule has 1 aliphatic heterocycles. The monoisotopic (exact) mass is 443 g/mol. The number of nitrogens with one attached hydrogen (secondary N) is 1. The van der Waals surface area contributed by atoms with Crippen LogP contribution in [0.25, 0.3) is 0 Å². The van der Waals surface area contributed by atoms with Crippen molar-refractivity contribution < 1.29 is 27.1 Å². The maximum absolute atomic E-state index is 13.0. The molecule has 3 rings (SSSR count). The van der Waals surface area contributed by atoms with Crippen LogP contribution in [0.2, 0.25) is 0 Å². The maximum atomic E-state index is 13.0. The molecule has 1 atom stereocenters. The Morgan fingerprint density at radius 3 is 2.69 bits per heavy atom. The molecule has 2 heterocycles. The zero-order chi connectivity index (χ0) is 21.2. The van der Waals surface area contributed by atoms with Gasteiger partial charge in [0.15, 0.2) is 6.23 Å². The summed E-state index contributed by atoms with van der Waals surface area (Å²) in [4.78, 5) is 27.4. The molecule has 1 fully saturated rings. The number of rotatable bonds is 5. The van der Waals surface area contributed by atoms with E-state index in [1.54, 1.807) is 7.05 Å². The van der Waals surface area contributed by atoms with E-state index in [9.17, 15) is 22.4 Å². The molecule has 1 N–H and O–H groups in total. The summed E-state index contributed by atoms with van der Waals surface area (Å²) in [5.41, 5.74) is 0.314. The van der Waals surface area contributed by atoms with E-state index < -0.39 is 34.0 Å². The molecular weight excluding hydrogens is 425 g/mol. The van der Waals surface area contributed by atoms with E-state index in [0.717, 1.165) is 16.2 Å². The molecule has 1 unspecified atom stereocenters. The number of nitrogens with zero attached hydrogens (tertiary/aromatic N) is 4. The third-order valence-electron chi connectivity index (χ3n) is 4.11. The van der Waals surface area contributed by atoms with Gasteiger partial charge in [-0.05, 0) is 24.3 Å². The Kier molecular flexibility index (Phi) is 5.98. The number of halogens is 1. The first-order chi connectivity index (χ1) is 13.7. The highest BCUT2D eigenvalue weighted by Crippen LogP contribution is 2.30. The average Bonchev–Trinajstić information content (AvgIpc) is 3.17. The normalized spacial score (nSPS) is 17.3. The number of aromatic nitrogens is 2. The van der Waals surface area contributed by atoms with Crippen molar-refractivity contribution in [3.63, 3.8) is 0 Å². The van der Waals surface area contributed by atoms with E-state index in [0.29, 0.717) is 12.2 Å². The number of carbonyl (C=O) groups excluding carboxylic acids is 2. The zero-order valence-corrected chi connectivity index (χ0v) is 17.2. The highest BCUT2D eigenvalue weighted by molar-refractivity contribution is 7.93. The second-order valence-electron chi connectivity index (χ2n) is 6.11. The Morgan fingerprint density at radius 2 is 2.03 bits per heavy atom. The van der Waals surface area contributed by atoms with Crippen LogP contribution in [0.1, 0.15) is 13.3 Å². The number of anilines is 2. The number of urea groups is 1. The number of ether oxygens (including phenoxy) is 1. The van der Waals surface area contributed by atoms with E-state index in [2.05, 4.69) is 15.5 Å². The minimum absolute atomic E-state index is 0.00755. The summed E-state index contributed by atoms with van der Waals surface area (Å²) in [7, 11) is -2.02. The number of carbonyl (C=O) groups is 2. The SMILES string of the molecule is CCS(=O)(=O)c1nnc(N2C(=O)N(C)CCC2OC(=O)Nc2ccc(F)cc2)s1. The molecule has 156 valence electrons. The molecular formula is C16H18FN5O5S2. The van der Waals surface area contributed by atoms with Crippen molar-refractivity contribution in [3.8, 4) is 0 Å². The molecule has 0 aliphatic carbocycles. The van der Waals surface area contributed by atoms with E-state index in [1.807, 2.05) is 0 Å². The van der Waals surface area contributed by atoms with Gasteiger partial charge in [0.1, 0.15) is 5.82 Å². The van der Waals surface area contributed by atoms with E-state index in [-0.39, 0.29) is 21.6 Å². The molecule has 0 radical (unpaired) electrons. The third kappa shape index (κ3) is 4.62. The van der Waals surface area contributed by atoms with Gasteiger partial charge in [0, 0.05) is 25.7 Å². The van der Waals surface area contributed by atoms with Gasteiger partial charge in [-0.15, -0.1) is 10.2 Å². The molecule has 3 amide bonds. The zero-order valence-electron chi connectivity index (χ0n) is 15.5. The van der Waals surface area contributed by atoms with E-state index in [1.165, 1.54) is 36.1 Å². The second kappa shape index (κ2) is 8.29. The van der Waals surface area contributed by atoms with Crippen molar-refractivity contribution in [1.29, 1.82) is 0 Å². The fraction of sp³-hybridized carbons (Fsp3) is 0.375. The summed E-state index contributed by atoms with van der Waals surface area (Å²) in [5, 5.41) is 9.92. The predicted octanol–water partition coefficient (Wildman–Crippen LogP) is 2.31. The summed E-state index contributed by atoms with van der Waals surface area (Å²) >= 11 is 0.728. The number of benzene rings is 1. The minimum Gasteiger partial charge on any atom is -0.425 e. The van der Waals surface area contributed by atoms with Crippen molar-refractivity contribution in [2.75, 3.05) is 29.6 Å². The van der Waals surface area contributed by atoms with Crippen LogP contribution >= 0.6 is 11.3 Å². The van der Waals surface area contributed by atoms with Crippen LogP contribution in [-0.4, -0.2) is 61.2 Å². The van der Waals surface area contributed by atoms with Gasteiger partial charge >= 0.3 is 12.1 Å². The Hall–Kier alpha value is -2.80. The van der Waals surface area contributed by atoms with Gasteiger partial charge in [0.05, 0.1) is 5.75 Å². The molecule has 10 nitrogen and oxygen atoms in total. The van der Waals surface area contributed by atoms with Crippen LogP contribution in [0.15, 0.2) is 28.6 Å². The lowest BCUT2D eigenvalue weighted by molar-refractivity contribution is 0.0841. The first-order valence-corrected chi connectivity index (χ1v) is 11.0. The second-order valence-corrected chi connectivity index (χ2v) is 9.52. The molecule has 2 aromatic rings. The van der Waals surface area contributed by atoms with Gasteiger partial charge in [0.25, 0.3) is 0 Å². The van der Waals surface area contributed by atoms with Crippen LogP contribution in [0.4, 0.5) is 24.8 Å². The molecule has 0 saturated carbocycles. The number of amides is 3. The number of hydrogen-bond donors (Lipinski definition) is 1. The summed E-state index contributed by atoms with van der Waals surface area (Å²) in [6.07, 6.45) is -1.59. The third-order valence-corrected chi connectivity index (χ3v) is 7.22.